The molecule has 1 heterocycles. The second-order valence-electron chi connectivity index (χ2n) is 6.30. The second-order valence-corrected chi connectivity index (χ2v) is 6.30. The molecule has 0 aromatic heterocycles. The maximum atomic E-state index is 12.2. The highest BCUT2D eigenvalue weighted by Crippen LogP contribution is 2.30. The van der Waals surface area contributed by atoms with E-state index >= 15 is 0 Å². The van der Waals surface area contributed by atoms with Gasteiger partial charge in [-0.1, -0.05) is 25.0 Å². The van der Waals surface area contributed by atoms with E-state index in [9.17, 15) is 9.59 Å². The lowest BCUT2D eigenvalue weighted by atomic mass is 10.1. The van der Waals surface area contributed by atoms with Crippen LogP contribution < -0.4 is 0 Å². The normalized spacial score (nSPS) is 21.4. The van der Waals surface area contributed by atoms with Crippen LogP contribution in [0.2, 0.25) is 0 Å². The predicted molar refractivity (Wildman–Crippen MR) is 83.0 cm³/mol. The molecule has 120 valence electrons. The molecule has 2 aliphatic rings. The highest BCUT2D eigenvalue weighted by molar-refractivity contribution is 5.87. The molecular formula is C18H20N2O3. The van der Waals surface area contributed by atoms with E-state index in [1.165, 1.54) is 12.8 Å². The van der Waals surface area contributed by atoms with Gasteiger partial charge in [0.2, 0.25) is 5.91 Å². The summed E-state index contributed by atoms with van der Waals surface area (Å²) in [6.07, 6.45) is 4.71. The lowest BCUT2D eigenvalue weighted by Crippen LogP contribution is -2.35. The van der Waals surface area contributed by atoms with Crippen LogP contribution in [-0.4, -0.2) is 29.4 Å². The quantitative estimate of drug-likeness (QED) is 0.800. The number of nitrogens with zero attached hydrogens (tertiary/aromatic N) is 2. The van der Waals surface area contributed by atoms with E-state index < -0.39 is 0 Å². The van der Waals surface area contributed by atoms with E-state index in [4.69, 9.17) is 10.00 Å². The smallest absolute Gasteiger partial charge is 0.311 e. The zero-order valence-electron chi connectivity index (χ0n) is 13.0. The predicted octanol–water partition coefficient (Wildman–Crippen LogP) is 2.39. The number of ether oxygens (including phenoxy) is 1. The third-order valence-corrected chi connectivity index (χ3v) is 4.72. The number of hydrogen-bond donors (Lipinski definition) is 0. The highest BCUT2D eigenvalue weighted by Gasteiger charge is 2.39. The first-order chi connectivity index (χ1) is 11.2. The number of likely N-dealkylation sites (tertiary alicyclic amines) is 1. The average Bonchev–Trinajstić information content (AvgIpc) is 3.22. The Balaban J connectivity index is 1.52. The summed E-state index contributed by atoms with van der Waals surface area (Å²) in [5.74, 6) is -0.568. The Morgan fingerprint density at radius 1 is 1.26 bits per heavy atom. The lowest BCUT2D eigenvalue weighted by Gasteiger charge is -2.23. The zero-order chi connectivity index (χ0) is 16.2. The van der Waals surface area contributed by atoms with Crippen molar-refractivity contribution in [3.63, 3.8) is 0 Å². The van der Waals surface area contributed by atoms with Crippen LogP contribution >= 0.6 is 0 Å². The fourth-order valence-electron chi connectivity index (χ4n) is 3.41. The summed E-state index contributed by atoms with van der Waals surface area (Å²) in [5, 5.41) is 8.76. The van der Waals surface area contributed by atoms with Gasteiger partial charge in [-0.05, 0) is 30.5 Å². The first-order valence-electron chi connectivity index (χ1n) is 8.12. The van der Waals surface area contributed by atoms with Crippen LogP contribution in [-0.2, 0) is 20.9 Å². The summed E-state index contributed by atoms with van der Waals surface area (Å²) in [7, 11) is 0. The summed E-state index contributed by atoms with van der Waals surface area (Å²) in [6, 6.07) is 9.31. The van der Waals surface area contributed by atoms with Crippen molar-refractivity contribution >= 4 is 11.9 Å². The first-order valence-corrected chi connectivity index (χ1v) is 8.12. The number of amides is 1. The fourth-order valence-corrected chi connectivity index (χ4v) is 3.41. The van der Waals surface area contributed by atoms with Gasteiger partial charge < -0.3 is 9.64 Å². The number of nitriles is 1. The molecule has 23 heavy (non-hydrogen) atoms. The topological polar surface area (TPSA) is 70.4 Å². The second kappa shape index (κ2) is 6.82. The van der Waals surface area contributed by atoms with Crippen LogP contribution in [0.15, 0.2) is 24.3 Å². The minimum atomic E-state index is -0.346. The lowest BCUT2D eigenvalue weighted by molar-refractivity contribution is -0.149. The molecule has 1 saturated carbocycles. The molecule has 1 aliphatic carbocycles. The van der Waals surface area contributed by atoms with Crippen molar-refractivity contribution < 1.29 is 14.3 Å². The molecule has 5 nitrogen and oxygen atoms in total. The number of esters is 1. The van der Waals surface area contributed by atoms with Gasteiger partial charge in [-0.2, -0.15) is 5.26 Å². The standard InChI is InChI=1S/C18H20N2O3/c19-10-13-5-7-14(8-6-13)12-23-18(22)15-9-17(21)20(11-15)16-3-1-2-4-16/h5-8,15-16H,1-4,9,11-12H2/t15-/m0/s1. The SMILES string of the molecule is N#Cc1ccc(COC(=O)[C@H]2CC(=O)N(C3CCCC3)C2)cc1. The Labute approximate surface area is 135 Å². The number of benzene rings is 1. The zero-order valence-corrected chi connectivity index (χ0v) is 13.0. The van der Waals surface area contributed by atoms with Gasteiger partial charge in [0.1, 0.15) is 6.61 Å². The van der Waals surface area contributed by atoms with E-state index in [0.717, 1.165) is 18.4 Å². The van der Waals surface area contributed by atoms with Gasteiger partial charge >= 0.3 is 5.97 Å². The van der Waals surface area contributed by atoms with Crippen molar-refractivity contribution in [2.75, 3.05) is 6.54 Å². The first kappa shape index (κ1) is 15.5. The van der Waals surface area contributed by atoms with Crippen molar-refractivity contribution in [2.24, 2.45) is 5.92 Å². The number of rotatable bonds is 4. The Kier molecular flexibility index (Phi) is 4.61. The van der Waals surface area contributed by atoms with E-state index in [-0.39, 0.29) is 30.8 Å². The van der Waals surface area contributed by atoms with Gasteiger partial charge in [0.05, 0.1) is 17.6 Å². The molecule has 0 spiro atoms. The van der Waals surface area contributed by atoms with Crippen LogP contribution in [0.25, 0.3) is 0 Å². The molecule has 1 amide bonds. The van der Waals surface area contributed by atoms with Crippen LogP contribution in [0, 0.1) is 17.2 Å². The Morgan fingerprint density at radius 2 is 1.96 bits per heavy atom. The Hall–Kier alpha value is -2.35. The average molecular weight is 312 g/mol. The van der Waals surface area contributed by atoms with Gasteiger partial charge in [0.25, 0.3) is 0 Å². The van der Waals surface area contributed by atoms with Crippen molar-refractivity contribution in [3.8, 4) is 6.07 Å². The van der Waals surface area contributed by atoms with Crippen molar-refractivity contribution in [2.45, 2.75) is 44.8 Å². The molecule has 1 aromatic carbocycles. The molecule has 5 heteroatoms. The largest absolute Gasteiger partial charge is 0.461 e. The molecule has 2 fully saturated rings. The monoisotopic (exact) mass is 312 g/mol. The summed E-state index contributed by atoms with van der Waals surface area (Å²) >= 11 is 0. The van der Waals surface area contributed by atoms with Crippen LogP contribution in [0.1, 0.15) is 43.2 Å². The summed E-state index contributed by atoms with van der Waals surface area (Å²) in [6.45, 7) is 0.675. The van der Waals surface area contributed by atoms with Crippen LogP contribution in [0.5, 0.6) is 0 Å². The molecule has 1 aromatic rings. The fraction of sp³-hybridized carbons (Fsp3) is 0.500. The van der Waals surface area contributed by atoms with Crippen molar-refractivity contribution in [1.29, 1.82) is 5.26 Å². The molecule has 0 bridgehead atoms. The van der Waals surface area contributed by atoms with E-state index in [1.807, 2.05) is 11.0 Å². The van der Waals surface area contributed by atoms with E-state index in [0.29, 0.717) is 18.2 Å². The van der Waals surface area contributed by atoms with Crippen LogP contribution in [0.4, 0.5) is 0 Å². The van der Waals surface area contributed by atoms with Gasteiger partial charge in [-0.15, -0.1) is 0 Å². The number of carbonyl (C=O) groups excluding carboxylic acids is 2. The minimum absolute atomic E-state index is 0.0808. The summed E-state index contributed by atoms with van der Waals surface area (Å²) < 4.78 is 5.34. The molecule has 1 atom stereocenters. The number of hydrogen-bond acceptors (Lipinski definition) is 4. The highest BCUT2D eigenvalue weighted by atomic mass is 16.5. The van der Waals surface area contributed by atoms with E-state index in [2.05, 4.69) is 0 Å². The maximum absolute atomic E-state index is 12.2. The third-order valence-electron chi connectivity index (χ3n) is 4.72. The molecule has 0 N–H and O–H groups in total. The van der Waals surface area contributed by atoms with Gasteiger partial charge in [-0.25, -0.2) is 0 Å². The number of carbonyl (C=O) groups is 2. The van der Waals surface area contributed by atoms with E-state index in [1.54, 1.807) is 24.3 Å². The Morgan fingerprint density at radius 3 is 2.61 bits per heavy atom. The molecule has 1 aliphatic heterocycles. The van der Waals surface area contributed by atoms with Crippen molar-refractivity contribution in [3.05, 3.63) is 35.4 Å². The maximum Gasteiger partial charge on any atom is 0.311 e. The van der Waals surface area contributed by atoms with Gasteiger partial charge in [0.15, 0.2) is 0 Å². The third kappa shape index (κ3) is 3.53. The van der Waals surface area contributed by atoms with Gasteiger partial charge in [0, 0.05) is 19.0 Å². The van der Waals surface area contributed by atoms with Crippen LogP contribution in [0.3, 0.4) is 0 Å². The summed E-state index contributed by atoms with van der Waals surface area (Å²) in [4.78, 5) is 26.2. The molecule has 3 rings (SSSR count). The summed E-state index contributed by atoms with van der Waals surface area (Å²) in [5.41, 5.74) is 1.42. The molecule has 0 unspecified atom stereocenters. The van der Waals surface area contributed by atoms with Crippen molar-refractivity contribution in [1.82, 2.24) is 4.90 Å². The molecule has 1 saturated heterocycles. The molecular weight excluding hydrogens is 292 g/mol. The molecule has 0 radical (unpaired) electrons. The minimum Gasteiger partial charge on any atom is -0.461 e. The Bertz CT molecular complexity index is 627. The van der Waals surface area contributed by atoms with Gasteiger partial charge in [-0.3, -0.25) is 9.59 Å².